The van der Waals surface area contributed by atoms with Crippen LogP contribution in [0.25, 0.3) is 10.4 Å². The highest BCUT2D eigenvalue weighted by atomic mass is 35.5. The van der Waals surface area contributed by atoms with Crippen LogP contribution in [-0.2, 0) is 0 Å². The lowest BCUT2D eigenvalue weighted by Gasteiger charge is -2.30. The first-order valence-electron chi connectivity index (χ1n) is 8.29. The number of thiophene rings is 1. The van der Waals surface area contributed by atoms with E-state index < -0.39 is 6.36 Å². The molecule has 2 unspecified atom stereocenters. The van der Waals surface area contributed by atoms with Crippen molar-refractivity contribution in [3.63, 3.8) is 0 Å². The summed E-state index contributed by atoms with van der Waals surface area (Å²) in [4.78, 5) is 13.8. The minimum absolute atomic E-state index is 0. The van der Waals surface area contributed by atoms with E-state index in [1.54, 1.807) is 24.3 Å². The molecule has 1 aliphatic heterocycles. The third kappa shape index (κ3) is 5.85. The zero-order chi connectivity index (χ0) is 18.7. The fourth-order valence-corrected chi connectivity index (χ4v) is 3.82. The average Bonchev–Trinajstić information content (AvgIpc) is 3.06. The van der Waals surface area contributed by atoms with Crippen molar-refractivity contribution in [3.8, 4) is 16.2 Å². The number of rotatable bonds is 4. The van der Waals surface area contributed by atoms with E-state index in [9.17, 15) is 18.0 Å². The summed E-state index contributed by atoms with van der Waals surface area (Å²) in [5, 5.41) is 6.36. The highest BCUT2D eigenvalue weighted by Gasteiger charge is 2.31. The number of carbonyl (C=O) groups is 1. The fourth-order valence-electron chi connectivity index (χ4n) is 2.90. The molecule has 0 aliphatic carbocycles. The van der Waals surface area contributed by atoms with Gasteiger partial charge in [0, 0.05) is 10.9 Å². The van der Waals surface area contributed by atoms with Gasteiger partial charge in [-0.15, -0.1) is 36.9 Å². The van der Waals surface area contributed by atoms with E-state index in [2.05, 4.69) is 22.3 Å². The Morgan fingerprint density at radius 2 is 1.93 bits per heavy atom. The number of ether oxygens (including phenoxy) is 1. The van der Waals surface area contributed by atoms with Crippen molar-refractivity contribution in [1.82, 2.24) is 10.6 Å². The van der Waals surface area contributed by atoms with Crippen molar-refractivity contribution >= 4 is 29.7 Å². The first-order chi connectivity index (χ1) is 12.3. The van der Waals surface area contributed by atoms with Crippen LogP contribution in [0.4, 0.5) is 13.2 Å². The minimum atomic E-state index is -4.71. The van der Waals surface area contributed by atoms with Crippen molar-refractivity contribution in [1.29, 1.82) is 0 Å². The highest BCUT2D eigenvalue weighted by Crippen LogP contribution is 2.31. The third-order valence-corrected chi connectivity index (χ3v) is 5.44. The van der Waals surface area contributed by atoms with Gasteiger partial charge >= 0.3 is 6.36 Å². The summed E-state index contributed by atoms with van der Waals surface area (Å²) >= 11 is 1.31. The van der Waals surface area contributed by atoms with Crippen LogP contribution >= 0.6 is 23.7 Å². The Morgan fingerprint density at radius 1 is 1.22 bits per heavy atom. The number of carbonyl (C=O) groups excluding carboxylic acids is 1. The van der Waals surface area contributed by atoms with Gasteiger partial charge in [0.25, 0.3) is 5.91 Å². The number of benzene rings is 1. The van der Waals surface area contributed by atoms with Crippen molar-refractivity contribution in [2.45, 2.75) is 25.7 Å². The summed E-state index contributed by atoms with van der Waals surface area (Å²) in [7, 11) is 0. The SMILES string of the molecule is CC1CNCCC1NC(=O)c1ccc(-c2ccc(OC(F)(F)F)cc2)s1.Cl. The van der Waals surface area contributed by atoms with Gasteiger partial charge in [0.05, 0.1) is 4.88 Å². The largest absolute Gasteiger partial charge is 0.573 e. The summed E-state index contributed by atoms with van der Waals surface area (Å²) in [6.07, 6.45) is -3.81. The summed E-state index contributed by atoms with van der Waals surface area (Å²) in [6, 6.07) is 9.30. The molecule has 0 saturated carbocycles. The van der Waals surface area contributed by atoms with Gasteiger partial charge in [0.2, 0.25) is 0 Å². The van der Waals surface area contributed by atoms with Gasteiger partial charge in [0.1, 0.15) is 5.75 Å². The smallest absolute Gasteiger partial charge is 0.406 e. The lowest BCUT2D eigenvalue weighted by molar-refractivity contribution is -0.274. The van der Waals surface area contributed by atoms with Crippen LogP contribution in [0.2, 0.25) is 0 Å². The van der Waals surface area contributed by atoms with Gasteiger partial charge < -0.3 is 15.4 Å². The Kier molecular flexibility index (Phi) is 7.13. The molecule has 9 heteroatoms. The molecule has 1 fully saturated rings. The maximum absolute atomic E-state index is 12.4. The van der Waals surface area contributed by atoms with E-state index in [4.69, 9.17) is 0 Å². The Morgan fingerprint density at radius 3 is 2.56 bits per heavy atom. The summed E-state index contributed by atoms with van der Waals surface area (Å²) in [6.45, 7) is 3.87. The number of halogens is 4. The molecule has 2 atom stereocenters. The first kappa shape index (κ1) is 21.5. The van der Waals surface area contributed by atoms with Gasteiger partial charge in [-0.05, 0) is 67.4 Å². The topological polar surface area (TPSA) is 50.4 Å². The van der Waals surface area contributed by atoms with Crippen LogP contribution in [0.1, 0.15) is 23.0 Å². The van der Waals surface area contributed by atoms with Crippen LogP contribution in [0.15, 0.2) is 36.4 Å². The maximum Gasteiger partial charge on any atom is 0.573 e. The summed E-state index contributed by atoms with van der Waals surface area (Å²) < 4.78 is 40.5. The van der Waals surface area contributed by atoms with E-state index in [1.165, 1.54) is 23.5 Å². The van der Waals surface area contributed by atoms with Gasteiger partial charge in [0.15, 0.2) is 0 Å². The van der Waals surface area contributed by atoms with Crippen LogP contribution in [0.5, 0.6) is 5.75 Å². The molecule has 1 aromatic carbocycles. The van der Waals surface area contributed by atoms with Gasteiger partial charge in [-0.25, -0.2) is 0 Å². The third-order valence-electron chi connectivity index (χ3n) is 4.30. The molecule has 27 heavy (non-hydrogen) atoms. The van der Waals surface area contributed by atoms with E-state index in [-0.39, 0.29) is 30.1 Å². The Labute approximate surface area is 165 Å². The second-order valence-corrected chi connectivity index (χ2v) is 7.37. The molecule has 1 aliphatic rings. The van der Waals surface area contributed by atoms with E-state index >= 15 is 0 Å². The van der Waals surface area contributed by atoms with E-state index in [1.807, 2.05) is 0 Å². The highest BCUT2D eigenvalue weighted by molar-refractivity contribution is 7.17. The Hall–Kier alpha value is -1.77. The molecular formula is C18H20ClF3N2O2S. The van der Waals surface area contributed by atoms with Crippen molar-refractivity contribution < 1.29 is 22.7 Å². The molecule has 4 nitrogen and oxygen atoms in total. The van der Waals surface area contributed by atoms with E-state index in [0.29, 0.717) is 10.8 Å². The molecule has 2 N–H and O–H groups in total. The quantitative estimate of drug-likeness (QED) is 0.767. The van der Waals surface area contributed by atoms with Crippen LogP contribution in [0, 0.1) is 5.92 Å². The lowest BCUT2D eigenvalue weighted by Crippen LogP contribution is -2.48. The summed E-state index contributed by atoms with van der Waals surface area (Å²) in [5.41, 5.74) is 0.735. The van der Waals surface area contributed by atoms with Gasteiger partial charge in [-0.1, -0.05) is 6.92 Å². The Balaban J connectivity index is 0.00000261. The average molecular weight is 421 g/mol. The monoisotopic (exact) mass is 420 g/mol. The van der Waals surface area contributed by atoms with E-state index in [0.717, 1.165) is 30.0 Å². The number of piperidine rings is 1. The van der Waals surface area contributed by atoms with Crippen molar-refractivity contribution in [3.05, 3.63) is 41.3 Å². The molecule has 2 aromatic rings. The van der Waals surface area contributed by atoms with Gasteiger partial charge in [-0.2, -0.15) is 0 Å². The number of alkyl halides is 3. The normalized spacial score (nSPS) is 19.9. The van der Waals surface area contributed by atoms with Crippen LogP contribution in [-0.4, -0.2) is 31.4 Å². The van der Waals surface area contributed by atoms with Crippen LogP contribution in [0.3, 0.4) is 0 Å². The maximum atomic E-state index is 12.4. The molecule has 0 spiro atoms. The van der Waals surface area contributed by atoms with Crippen molar-refractivity contribution in [2.24, 2.45) is 5.92 Å². The second-order valence-electron chi connectivity index (χ2n) is 6.29. The molecule has 1 aromatic heterocycles. The zero-order valence-electron chi connectivity index (χ0n) is 14.5. The molecular weight excluding hydrogens is 401 g/mol. The molecule has 2 heterocycles. The molecule has 0 radical (unpaired) electrons. The Bertz CT molecular complexity index is 765. The first-order valence-corrected chi connectivity index (χ1v) is 9.11. The predicted molar refractivity (Wildman–Crippen MR) is 102 cm³/mol. The number of amides is 1. The predicted octanol–water partition coefficient (Wildman–Crippen LogP) is 4.46. The molecule has 3 rings (SSSR count). The molecule has 1 amide bonds. The lowest BCUT2D eigenvalue weighted by atomic mass is 9.95. The van der Waals surface area contributed by atoms with Gasteiger partial charge in [-0.3, -0.25) is 4.79 Å². The molecule has 148 valence electrons. The second kappa shape index (κ2) is 8.95. The minimum Gasteiger partial charge on any atom is -0.406 e. The fraction of sp³-hybridized carbons (Fsp3) is 0.389. The number of hydrogen-bond donors (Lipinski definition) is 2. The standard InChI is InChI=1S/C18H19F3N2O2S.ClH/c1-11-10-22-9-8-14(11)23-17(24)16-7-6-15(26-16)12-2-4-13(5-3-12)25-18(19,20)21;/h2-7,11,14,22H,8-10H2,1H3,(H,23,24);1H. The molecule has 0 bridgehead atoms. The zero-order valence-corrected chi connectivity index (χ0v) is 16.1. The van der Waals surface area contributed by atoms with Crippen molar-refractivity contribution in [2.75, 3.05) is 13.1 Å². The summed E-state index contributed by atoms with van der Waals surface area (Å²) in [5.74, 6) is -0.0130. The van der Waals surface area contributed by atoms with Crippen LogP contribution < -0.4 is 15.4 Å². The number of nitrogens with one attached hydrogen (secondary N) is 2. The number of hydrogen-bond acceptors (Lipinski definition) is 4. The molecule has 1 saturated heterocycles.